The fraction of sp³-hybridized carbons (Fsp3) is 0.565. The summed E-state index contributed by atoms with van der Waals surface area (Å²) < 4.78 is 5.06. The Labute approximate surface area is 194 Å². The fourth-order valence-corrected chi connectivity index (χ4v) is 2.87. The van der Waals surface area contributed by atoms with E-state index in [-0.39, 0.29) is 24.8 Å². The lowest BCUT2D eigenvalue weighted by Crippen LogP contribution is -2.57. The smallest absolute Gasteiger partial charge is 0.407 e. The summed E-state index contributed by atoms with van der Waals surface area (Å²) in [7, 11) is 1.47. The second kappa shape index (κ2) is 12.8. The monoisotopic (exact) mass is 464 g/mol. The Bertz CT molecular complexity index is 807. The summed E-state index contributed by atoms with van der Waals surface area (Å²) in [6.45, 7) is 8.12. The first-order valence-electron chi connectivity index (χ1n) is 10.8. The van der Waals surface area contributed by atoms with E-state index in [2.05, 4.69) is 21.3 Å². The third kappa shape index (κ3) is 10.3. The molecule has 0 saturated carbocycles. The van der Waals surface area contributed by atoms with Gasteiger partial charge in [0.05, 0.1) is 6.54 Å². The molecule has 33 heavy (non-hydrogen) atoms. The molecular formula is C23H36N4O6. The minimum absolute atomic E-state index is 0.271. The molecule has 0 bridgehead atoms. The van der Waals surface area contributed by atoms with Gasteiger partial charge < -0.3 is 31.1 Å². The lowest BCUT2D eigenvalue weighted by molar-refractivity contribution is -0.135. The molecule has 0 spiro atoms. The molecule has 10 heteroatoms. The van der Waals surface area contributed by atoms with Crippen LogP contribution in [-0.4, -0.2) is 66.3 Å². The van der Waals surface area contributed by atoms with Gasteiger partial charge in [0.2, 0.25) is 11.8 Å². The summed E-state index contributed by atoms with van der Waals surface area (Å²) >= 11 is 0. The molecule has 0 aromatic heterocycles. The second-order valence-electron chi connectivity index (χ2n) is 8.99. The molecular weight excluding hydrogens is 428 g/mol. The number of carbonyl (C=O) groups excluding carboxylic acids is 4. The molecule has 1 rings (SSSR count). The Morgan fingerprint density at radius 1 is 0.970 bits per heavy atom. The van der Waals surface area contributed by atoms with E-state index in [1.165, 1.54) is 7.05 Å². The molecule has 5 N–H and O–H groups in total. The van der Waals surface area contributed by atoms with E-state index in [0.717, 1.165) is 5.56 Å². The Hall–Kier alpha value is -3.14. The number of ether oxygens (including phenoxy) is 1. The molecule has 3 atom stereocenters. The van der Waals surface area contributed by atoms with Crippen molar-refractivity contribution < 1.29 is 29.0 Å². The number of alkyl carbamates (subject to hydrolysis) is 1. The largest absolute Gasteiger partial charge is 0.444 e. The van der Waals surface area contributed by atoms with Crippen LogP contribution in [0.1, 0.15) is 40.2 Å². The Morgan fingerprint density at radius 2 is 1.58 bits per heavy atom. The van der Waals surface area contributed by atoms with Crippen LogP contribution in [0.3, 0.4) is 0 Å². The molecule has 184 valence electrons. The van der Waals surface area contributed by atoms with Gasteiger partial charge in [0, 0.05) is 13.5 Å². The highest BCUT2D eigenvalue weighted by molar-refractivity contribution is 5.93. The van der Waals surface area contributed by atoms with Gasteiger partial charge >= 0.3 is 6.09 Å². The van der Waals surface area contributed by atoms with Gasteiger partial charge in [-0.15, -0.1) is 0 Å². The van der Waals surface area contributed by atoms with Crippen LogP contribution in [0.4, 0.5) is 4.79 Å². The van der Waals surface area contributed by atoms with Gasteiger partial charge in [-0.25, -0.2) is 4.79 Å². The van der Waals surface area contributed by atoms with Crippen molar-refractivity contribution in [1.82, 2.24) is 21.3 Å². The summed E-state index contributed by atoms with van der Waals surface area (Å²) in [6.07, 6.45) is -2.10. The maximum absolute atomic E-state index is 12.9. The van der Waals surface area contributed by atoms with E-state index in [9.17, 15) is 24.3 Å². The average Bonchev–Trinajstić information content (AvgIpc) is 2.73. The first-order chi connectivity index (χ1) is 15.3. The maximum atomic E-state index is 12.9. The number of likely N-dealkylation sites (N-methyl/N-ethyl adjacent to an activating group) is 1. The van der Waals surface area contributed by atoms with E-state index in [1.807, 2.05) is 30.3 Å². The molecule has 0 fully saturated rings. The predicted molar refractivity (Wildman–Crippen MR) is 123 cm³/mol. The number of rotatable bonds is 10. The highest BCUT2D eigenvalue weighted by Crippen LogP contribution is 2.08. The van der Waals surface area contributed by atoms with E-state index >= 15 is 0 Å². The quantitative estimate of drug-likeness (QED) is 0.341. The van der Waals surface area contributed by atoms with Crippen LogP contribution >= 0.6 is 0 Å². The normalized spacial score (nSPS) is 13.9. The Kier molecular flexibility index (Phi) is 10.8. The molecule has 0 aliphatic rings. The summed E-state index contributed by atoms with van der Waals surface area (Å²) in [4.78, 5) is 49.4. The van der Waals surface area contributed by atoms with Gasteiger partial charge in [-0.3, -0.25) is 14.4 Å². The zero-order chi connectivity index (χ0) is 25.2. The number of benzene rings is 1. The molecule has 10 nitrogen and oxygen atoms in total. The standard InChI is InChI=1S/C23H36N4O6/c1-14(2)18(27-20(30)17(28)13-25-22(32)33-23(3,4)5)21(31)26-16(19(29)24-6)12-15-10-8-7-9-11-15/h7-11,14,16-18,28H,12-13H2,1-6H3,(H,24,29)(H,25,32)(H,26,31)(H,27,30)/t16-,17?,18-/m0/s1. The number of carbonyl (C=O) groups is 4. The van der Waals surface area contributed by atoms with Crippen LogP contribution in [0.2, 0.25) is 0 Å². The number of aliphatic hydroxyl groups excluding tert-OH is 1. The zero-order valence-corrected chi connectivity index (χ0v) is 20.1. The van der Waals surface area contributed by atoms with Crippen LogP contribution in [0.5, 0.6) is 0 Å². The van der Waals surface area contributed by atoms with Crippen LogP contribution in [-0.2, 0) is 25.5 Å². The molecule has 0 heterocycles. The molecule has 4 amide bonds. The van der Waals surface area contributed by atoms with Gasteiger partial charge in [-0.2, -0.15) is 0 Å². The molecule has 0 aliphatic heterocycles. The van der Waals surface area contributed by atoms with Gasteiger partial charge in [0.1, 0.15) is 23.8 Å². The minimum Gasteiger partial charge on any atom is -0.444 e. The maximum Gasteiger partial charge on any atom is 0.407 e. The van der Waals surface area contributed by atoms with Crippen LogP contribution < -0.4 is 21.3 Å². The SMILES string of the molecule is CNC(=O)[C@H](Cc1ccccc1)NC(=O)[C@@H](NC(=O)C(O)CNC(=O)OC(C)(C)C)C(C)C. The van der Waals surface area contributed by atoms with Crippen LogP contribution in [0.15, 0.2) is 30.3 Å². The number of nitrogens with one attached hydrogen (secondary N) is 4. The minimum atomic E-state index is -1.59. The number of aliphatic hydroxyl groups is 1. The summed E-state index contributed by atoms with van der Waals surface area (Å²) in [6, 6.07) is 7.36. The van der Waals surface area contributed by atoms with Crippen molar-refractivity contribution in [3.63, 3.8) is 0 Å². The van der Waals surface area contributed by atoms with Gasteiger partial charge in [0.25, 0.3) is 5.91 Å². The number of amides is 4. The Balaban J connectivity index is 2.76. The summed E-state index contributed by atoms with van der Waals surface area (Å²) in [5.74, 6) is -2.10. The topological polar surface area (TPSA) is 146 Å². The highest BCUT2D eigenvalue weighted by atomic mass is 16.6. The van der Waals surface area contributed by atoms with E-state index < -0.39 is 41.7 Å². The van der Waals surface area contributed by atoms with Crippen molar-refractivity contribution in [2.75, 3.05) is 13.6 Å². The molecule has 0 aliphatic carbocycles. The first kappa shape index (κ1) is 27.9. The lowest BCUT2D eigenvalue weighted by atomic mass is 10.0. The van der Waals surface area contributed by atoms with Gasteiger partial charge in [-0.1, -0.05) is 44.2 Å². The van der Waals surface area contributed by atoms with Crippen LogP contribution in [0.25, 0.3) is 0 Å². The lowest BCUT2D eigenvalue weighted by Gasteiger charge is -2.26. The van der Waals surface area contributed by atoms with E-state index in [0.29, 0.717) is 0 Å². The third-order valence-electron chi connectivity index (χ3n) is 4.55. The highest BCUT2D eigenvalue weighted by Gasteiger charge is 2.30. The van der Waals surface area contributed by atoms with Crippen molar-refractivity contribution in [3.05, 3.63) is 35.9 Å². The predicted octanol–water partition coefficient (Wildman–Crippen LogP) is 0.486. The summed E-state index contributed by atoms with van der Waals surface area (Å²) in [5, 5.41) is 20.1. The Morgan fingerprint density at radius 3 is 2.09 bits per heavy atom. The van der Waals surface area contributed by atoms with Gasteiger partial charge in [0.15, 0.2) is 0 Å². The van der Waals surface area contributed by atoms with Crippen LogP contribution in [0, 0.1) is 5.92 Å². The first-order valence-corrected chi connectivity index (χ1v) is 10.8. The summed E-state index contributed by atoms with van der Waals surface area (Å²) in [5.41, 5.74) is 0.138. The number of hydrogen-bond acceptors (Lipinski definition) is 6. The molecule has 1 unspecified atom stereocenters. The molecule has 0 saturated heterocycles. The average molecular weight is 465 g/mol. The van der Waals surface area contributed by atoms with Crippen molar-refractivity contribution in [2.24, 2.45) is 5.92 Å². The molecule has 0 radical (unpaired) electrons. The molecule has 1 aromatic rings. The molecule has 1 aromatic carbocycles. The fourth-order valence-electron chi connectivity index (χ4n) is 2.87. The van der Waals surface area contributed by atoms with E-state index in [1.54, 1.807) is 34.6 Å². The van der Waals surface area contributed by atoms with Gasteiger partial charge in [-0.05, 0) is 32.3 Å². The van der Waals surface area contributed by atoms with Crippen molar-refractivity contribution >= 4 is 23.8 Å². The van der Waals surface area contributed by atoms with Crippen molar-refractivity contribution in [3.8, 4) is 0 Å². The second-order valence-corrected chi connectivity index (χ2v) is 8.99. The third-order valence-corrected chi connectivity index (χ3v) is 4.55. The number of hydrogen-bond donors (Lipinski definition) is 5. The van der Waals surface area contributed by atoms with E-state index in [4.69, 9.17) is 4.74 Å². The zero-order valence-electron chi connectivity index (χ0n) is 20.1. The van der Waals surface area contributed by atoms with Crippen molar-refractivity contribution in [1.29, 1.82) is 0 Å². The van der Waals surface area contributed by atoms with Crippen molar-refractivity contribution in [2.45, 2.75) is 64.8 Å².